The molecule has 0 unspecified atom stereocenters. The lowest BCUT2D eigenvalue weighted by atomic mass is 9.62. The van der Waals surface area contributed by atoms with E-state index in [4.69, 9.17) is 14.2 Å². The molecule has 7 rings (SSSR count). The zero-order chi connectivity index (χ0) is 45.0. The van der Waals surface area contributed by atoms with Crippen LogP contribution in [-0.2, 0) is 27.4 Å². The Morgan fingerprint density at radius 2 is 1.76 bits per heavy atom. The van der Waals surface area contributed by atoms with Crippen molar-refractivity contribution in [2.45, 2.75) is 126 Å². The van der Waals surface area contributed by atoms with Gasteiger partial charge in [0.1, 0.15) is 21.9 Å². The van der Waals surface area contributed by atoms with E-state index in [-0.39, 0.29) is 64.0 Å². The molecule has 3 fully saturated rings. The Hall–Kier alpha value is -5.11. The third-order valence-corrected chi connectivity index (χ3v) is 14.4. The van der Waals surface area contributed by atoms with Crippen LogP contribution >= 0.6 is 11.3 Å². The number of nitrogens with zero attached hydrogens (tertiary/aromatic N) is 3. The molecule has 3 aromatic rings. The number of aliphatic carboxylic acids is 1. The van der Waals surface area contributed by atoms with Gasteiger partial charge in [-0.1, -0.05) is 36.8 Å². The first-order valence-corrected chi connectivity index (χ1v) is 22.3. The van der Waals surface area contributed by atoms with Gasteiger partial charge in [0.2, 0.25) is 5.88 Å². The van der Waals surface area contributed by atoms with Gasteiger partial charge < -0.3 is 24.2 Å². The monoisotopic (exact) mass is 901 g/mol. The number of carboxylic acid groups (broad SMARTS) is 1. The number of alkyl halides is 6. The molecule has 1 N–H and O–H groups in total. The maximum Gasteiger partial charge on any atom is 0.425 e. The van der Waals surface area contributed by atoms with Gasteiger partial charge in [-0.15, -0.1) is 11.3 Å². The highest BCUT2D eigenvalue weighted by atomic mass is 32.1. The minimum Gasteiger partial charge on any atom is -0.493 e. The molecule has 338 valence electrons. The van der Waals surface area contributed by atoms with Crippen LogP contribution in [0, 0.1) is 22.7 Å². The number of benzene rings is 1. The van der Waals surface area contributed by atoms with Gasteiger partial charge in [-0.3, -0.25) is 14.4 Å². The number of amides is 1. The fourth-order valence-electron chi connectivity index (χ4n) is 9.95. The average molecular weight is 902 g/mol. The number of carbonyl (C=O) groups is 3. The highest BCUT2D eigenvalue weighted by Gasteiger charge is 2.57. The Balaban J connectivity index is 1.22. The van der Waals surface area contributed by atoms with E-state index in [0.29, 0.717) is 74.5 Å². The number of thiophene rings is 1. The first kappa shape index (κ1) is 45.9. The number of hydrogen-bond donors (Lipinski definition) is 1. The molecule has 2 aromatic heterocycles. The Labute approximate surface area is 365 Å². The van der Waals surface area contributed by atoms with E-state index in [1.165, 1.54) is 4.90 Å². The number of piperidine rings is 1. The smallest absolute Gasteiger partial charge is 0.425 e. The van der Waals surface area contributed by atoms with Gasteiger partial charge in [0.05, 0.1) is 36.3 Å². The number of halogens is 6. The highest BCUT2D eigenvalue weighted by Crippen LogP contribution is 2.51. The number of para-hydroxylation sites is 1. The summed E-state index contributed by atoms with van der Waals surface area (Å²) in [7, 11) is 0. The van der Waals surface area contributed by atoms with Crippen LogP contribution in [0.2, 0.25) is 0 Å². The molecular formula is C46H49F6N3O7S. The lowest BCUT2D eigenvalue weighted by Gasteiger charge is -2.50. The number of ketones is 1. The van der Waals surface area contributed by atoms with Crippen LogP contribution in [0.4, 0.5) is 26.3 Å². The second-order valence-electron chi connectivity index (χ2n) is 17.1. The average Bonchev–Trinajstić information content (AvgIpc) is 3.71. The van der Waals surface area contributed by atoms with Crippen molar-refractivity contribution in [2.75, 3.05) is 19.8 Å². The fourth-order valence-corrected chi connectivity index (χ4v) is 10.6. The van der Waals surface area contributed by atoms with Gasteiger partial charge in [-0.05, 0) is 95.6 Å². The van der Waals surface area contributed by atoms with Gasteiger partial charge >= 0.3 is 18.3 Å². The summed E-state index contributed by atoms with van der Waals surface area (Å²) in [4.78, 5) is 46.2. The molecule has 0 bridgehead atoms. The molecule has 2 aliphatic carbocycles. The van der Waals surface area contributed by atoms with Crippen molar-refractivity contribution in [1.82, 2.24) is 9.88 Å². The van der Waals surface area contributed by atoms with Crippen LogP contribution in [0.1, 0.15) is 123 Å². The van der Waals surface area contributed by atoms with Crippen molar-refractivity contribution in [3.8, 4) is 23.4 Å². The number of hydrogen-bond acceptors (Lipinski definition) is 9. The number of rotatable bonds is 12. The van der Waals surface area contributed by atoms with E-state index in [9.17, 15) is 46.3 Å². The largest absolute Gasteiger partial charge is 0.493 e. The fraction of sp³-hybridized carbons (Fsp3) is 0.543. The SMILES string of the molecule is N#CCC1(c2ccccc2OCCCC2(C(=O)O)CCC2)CCC(C(=O)[C@]2(Oc3csc(C(F)(F)F)c3)CCCN3C(=O)c4c(C(F)(F)F)ccnc4OCCC/C=C\C[C@@H]32)CC1. The molecule has 1 saturated heterocycles. The molecule has 1 amide bonds. The van der Waals surface area contributed by atoms with Gasteiger partial charge in [0, 0.05) is 47.5 Å². The van der Waals surface area contributed by atoms with Crippen LogP contribution in [0.25, 0.3) is 0 Å². The summed E-state index contributed by atoms with van der Waals surface area (Å²) in [6.07, 6.45) is -0.122. The minimum absolute atomic E-state index is 0.0212. The van der Waals surface area contributed by atoms with Crippen molar-refractivity contribution in [3.63, 3.8) is 0 Å². The third-order valence-electron chi connectivity index (χ3n) is 13.4. The third kappa shape index (κ3) is 9.42. The second-order valence-corrected chi connectivity index (χ2v) is 18.0. The topological polar surface area (TPSA) is 139 Å². The second kappa shape index (κ2) is 18.5. The zero-order valence-electron chi connectivity index (χ0n) is 34.6. The van der Waals surface area contributed by atoms with Crippen molar-refractivity contribution in [1.29, 1.82) is 5.26 Å². The van der Waals surface area contributed by atoms with E-state index >= 15 is 4.79 Å². The summed E-state index contributed by atoms with van der Waals surface area (Å²) in [6.45, 7) is 0.159. The number of fused-ring (bicyclic) bond motifs is 2. The number of nitriles is 1. The molecule has 2 saturated carbocycles. The number of allylic oxidation sites excluding steroid dienone is 1. The van der Waals surface area contributed by atoms with Crippen LogP contribution < -0.4 is 14.2 Å². The standard InChI is InChI=1S/C46H49F6N3O7S/c47-45(48,49)33-15-24-54-39-37(33)40(57)55-25-8-19-44(35(55)12-3-1-2-6-26-61-39,62-31-28-36(63-29-31)46(50,51)52)38(56)30-13-20-42(21-14-30,22-23-53)32-10-4-5-11-34(32)60-27-9-18-43(41(58)59)16-7-17-43/h1,3-5,10-11,15,24,28-30,35H,2,6-9,12-14,16-22,25-27H2,(H,58,59)/b3-1-/t30?,35-,42?,44+/m1/s1. The van der Waals surface area contributed by atoms with Crippen LogP contribution in [0.15, 0.2) is 60.1 Å². The molecule has 63 heavy (non-hydrogen) atoms. The predicted molar refractivity (Wildman–Crippen MR) is 218 cm³/mol. The highest BCUT2D eigenvalue weighted by molar-refractivity contribution is 7.10. The van der Waals surface area contributed by atoms with E-state index in [0.717, 1.165) is 29.6 Å². The van der Waals surface area contributed by atoms with Gasteiger partial charge in [-0.2, -0.15) is 31.6 Å². The number of pyridine rings is 1. The number of ether oxygens (including phenoxy) is 3. The first-order valence-electron chi connectivity index (χ1n) is 21.4. The predicted octanol–water partition coefficient (Wildman–Crippen LogP) is 10.7. The van der Waals surface area contributed by atoms with Crippen LogP contribution in [0.5, 0.6) is 17.4 Å². The lowest BCUT2D eigenvalue weighted by Crippen LogP contribution is -2.66. The van der Waals surface area contributed by atoms with E-state index < -0.39 is 80.3 Å². The number of Topliss-reactive ketones (excluding diaryl/α,β-unsaturated/α-hetero) is 1. The number of carbonyl (C=O) groups excluding carboxylic acids is 2. The van der Waals surface area contributed by atoms with Crippen molar-refractivity contribution in [2.24, 2.45) is 11.3 Å². The van der Waals surface area contributed by atoms with Crippen molar-refractivity contribution >= 4 is 29.0 Å². The number of aromatic nitrogens is 1. The molecule has 1 aromatic carbocycles. The molecule has 0 radical (unpaired) electrons. The van der Waals surface area contributed by atoms with E-state index in [1.54, 1.807) is 24.3 Å². The molecule has 2 atom stereocenters. The molecule has 2 aliphatic heterocycles. The van der Waals surface area contributed by atoms with Crippen LogP contribution in [0.3, 0.4) is 0 Å². The molecule has 17 heteroatoms. The number of carboxylic acids is 1. The van der Waals surface area contributed by atoms with E-state index in [2.05, 4.69) is 11.1 Å². The summed E-state index contributed by atoms with van der Waals surface area (Å²) in [5, 5.41) is 21.1. The Kier molecular flexibility index (Phi) is 13.5. The summed E-state index contributed by atoms with van der Waals surface area (Å²) in [5.41, 5.74) is -4.78. The van der Waals surface area contributed by atoms with Gasteiger partial charge in [-0.25, -0.2) is 4.98 Å². The molecular weight excluding hydrogens is 853 g/mol. The summed E-state index contributed by atoms with van der Waals surface area (Å²) in [5.74, 6) is -3.35. The van der Waals surface area contributed by atoms with E-state index in [1.807, 2.05) is 12.1 Å². The van der Waals surface area contributed by atoms with Crippen molar-refractivity contribution in [3.05, 3.63) is 81.7 Å². The van der Waals surface area contributed by atoms with Gasteiger partial charge in [0.15, 0.2) is 11.4 Å². The Bertz CT molecular complexity index is 2220. The summed E-state index contributed by atoms with van der Waals surface area (Å²) < 4.78 is 104. The summed E-state index contributed by atoms with van der Waals surface area (Å²) in [6, 6.07) is 9.87. The Morgan fingerprint density at radius 1 is 1.00 bits per heavy atom. The molecule has 0 spiro atoms. The zero-order valence-corrected chi connectivity index (χ0v) is 35.4. The first-order chi connectivity index (χ1) is 30.0. The molecule has 10 nitrogen and oxygen atoms in total. The minimum atomic E-state index is -4.98. The maximum absolute atomic E-state index is 15.4. The van der Waals surface area contributed by atoms with Crippen molar-refractivity contribution < 1.29 is 60.0 Å². The van der Waals surface area contributed by atoms with Crippen LogP contribution in [-0.4, -0.2) is 64.1 Å². The molecule has 4 aliphatic rings. The summed E-state index contributed by atoms with van der Waals surface area (Å²) >= 11 is 0.378. The maximum atomic E-state index is 15.4. The quantitative estimate of drug-likeness (QED) is 0.107. The molecule has 4 heterocycles. The van der Waals surface area contributed by atoms with Gasteiger partial charge in [0.25, 0.3) is 5.91 Å². The normalized spacial score (nSPS) is 25.7. The Morgan fingerprint density at radius 3 is 2.43 bits per heavy atom. The lowest BCUT2D eigenvalue weighted by molar-refractivity contribution is -0.155.